The second-order valence-corrected chi connectivity index (χ2v) is 3.99. The van der Waals surface area contributed by atoms with Gasteiger partial charge in [0.05, 0.1) is 0 Å². The fourth-order valence-corrected chi connectivity index (χ4v) is 1.25. The first-order chi connectivity index (χ1) is 7.91. The maximum absolute atomic E-state index is 12.7. The fourth-order valence-electron chi connectivity index (χ4n) is 1.25. The zero-order chi connectivity index (χ0) is 13.0. The number of hydrogen-bond donors (Lipinski definition) is 2. The molecule has 0 spiro atoms. The van der Waals surface area contributed by atoms with Crippen molar-refractivity contribution in [3.05, 3.63) is 35.6 Å². The summed E-state index contributed by atoms with van der Waals surface area (Å²) in [7, 11) is 0. The summed E-state index contributed by atoms with van der Waals surface area (Å²) in [6, 6.07) is 3.86. The molecular weight excluding hydrogens is 225 g/mol. The Hall–Kier alpha value is -1.91. The van der Waals surface area contributed by atoms with E-state index in [2.05, 4.69) is 5.32 Å². The van der Waals surface area contributed by atoms with Gasteiger partial charge in [0.2, 0.25) is 5.91 Å². The summed E-state index contributed by atoms with van der Waals surface area (Å²) in [5.74, 6) is -2.29. The number of hydrogen-bond acceptors (Lipinski definition) is 2. The zero-order valence-electron chi connectivity index (χ0n) is 9.61. The van der Waals surface area contributed by atoms with Gasteiger partial charge in [-0.05, 0) is 17.7 Å². The van der Waals surface area contributed by atoms with Crippen molar-refractivity contribution in [3.8, 4) is 0 Å². The molecule has 0 aliphatic rings. The van der Waals surface area contributed by atoms with Crippen molar-refractivity contribution in [2.75, 3.05) is 0 Å². The van der Waals surface area contributed by atoms with Crippen LogP contribution in [0.1, 0.15) is 25.5 Å². The number of rotatable bonds is 4. The molecule has 92 valence electrons. The van der Waals surface area contributed by atoms with E-state index in [1.165, 1.54) is 12.1 Å². The number of carbonyl (C=O) groups is 2. The van der Waals surface area contributed by atoms with Gasteiger partial charge < -0.3 is 10.4 Å². The first-order valence-corrected chi connectivity index (χ1v) is 5.20. The number of nitrogens with one attached hydrogen (secondary N) is 1. The van der Waals surface area contributed by atoms with Gasteiger partial charge in [-0.15, -0.1) is 0 Å². The molecule has 0 bridgehead atoms. The summed E-state index contributed by atoms with van der Waals surface area (Å²) in [5, 5.41) is 11.4. The minimum Gasteiger partial charge on any atom is -0.479 e. The molecule has 5 heteroatoms. The highest BCUT2D eigenvalue weighted by Gasteiger charge is 2.22. The molecule has 0 aliphatic heterocycles. The molecular formula is C12H14FNO3. The van der Waals surface area contributed by atoms with Gasteiger partial charge in [0.15, 0.2) is 6.04 Å². The van der Waals surface area contributed by atoms with E-state index < -0.39 is 17.8 Å². The van der Waals surface area contributed by atoms with Crippen molar-refractivity contribution in [1.82, 2.24) is 5.32 Å². The van der Waals surface area contributed by atoms with Crippen LogP contribution >= 0.6 is 0 Å². The van der Waals surface area contributed by atoms with Crippen molar-refractivity contribution < 1.29 is 19.1 Å². The number of halogens is 1. The van der Waals surface area contributed by atoms with Crippen LogP contribution in [0.4, 0.5) is 4.39 Å². The average molecular weight is 239 g/mol. The molecule has 0 saturated heterocycles. The van der Waals surface area contributed by atoms with Crippen LogP contribution in [0.25, 0.3) is 0 Å². The van der Waals surface area contributed by atoms with Gasteiger partial charge in [0.1, 0.15) is 5.82 Å². The Bertz CT molecular complexity index is 414. The minimum absolute atomic E-state index is 0.308. The fraction of sp³-hybridized carbons (Fsp3) is 0.333. The molecule has 1 aromatic rings. The minimum atomic E-state index is -1.18. The molecule has 0 heterocycles. The van der Waals surface area contributed by atoms with Crippen LogP contribution in [0.3, 0.4) is 0 Å². The lowest BCUT2D eigenvalue weighted by Crippen LogP contribution is -2.36. The number of carboxylic acids is 1. The summed E-state index contributed by atoms with van der Waals surface area (Å²) in [4.78, 5) is 22.5. The highest BCUT2D eigenvalue weighted by Crippen LogP contribution is 2.14. The van der Waals surface area contributed by atoms with Crippen molar-refractivity contribution in [2.24, 2.45) is 5.92 Å². The zero-order valence-corrected chi connectivity index (χ0v) is 9.61. The summed E-state index contributed by atoms with van der Waals surface area (Å²) in [6.45, 7) is 3.33. The van der Waals surface area contributed by atoms with Crippen LogP contribution in [0.2, 0.25) is 0 Å². The predicted octanol–water partition coefficient (Wildman–Crippen LogP) is 1.72. The molecule has 0 fully saturated rings. The lowest BCUT2D eigenvalue weighted by Gasteiger charge is -2.16. The highest BCUT2D eigenvalue weighted by molar-refractivity contribution is 5.85. The van der Waals surface area contributed by atoms with E-state index in [1.54, 1.807) is 13.8 Å². The van der Waals surface area contributed by atoms with Crippen LogP contribution in [0.5, 0.6) is 0 Å². The smallest absolute Gasteiger partial charge is 0.330 e. The summed E-state index contributed by atoms with van der Waals surface area (Å²) >= 11 is 0. The van der Waals surface area contributed by atoms with Gasteiger partial charge in [-0.1, -0.05) is 26.0 Å². The molecule has 2 N–H and O–H groups in total. The number of amides is 1. The van der Waals surface area contributed by atoms with E-state index >= 15 is 0 Å². The van der Waals surface area contributed by atoms with Crippen molar-refractivity contribution in [3.63, 3.8) is 0 Å². The van der Waals surface area contributed by atoms with E-state index in [1.807, 2.05) is 0 Å². The quantitative estimate of drug-likeness (QED) is 0.840. The van der Waals surface area contributed by atoms with Gasteiger partial charge in [-0.3, -0.25) is 4.79 Å². The third-order valence-electron chi connectivity index (χ3n) is 2.26. The molecule has 1 rings (SSSR count). The lowest BCUT2D eigenvalue weighted by atomic mass is 10.1. The Morgan fingerprint density at radius 2 is 1.76 bits per heavy atom. The van der Waals surface area contributed by atoms with E-state index in [4.69, 9.17) is 5.11 Å². The van der Waals surface area contributed by atoms with Crippen molar-refractivity contribution in [1.29, 1.82) is 0 Å². The lowest BCUT2D eigenvalue weighted by molar-refractivity contribution is -0.142. The van der Waals surface area contributed by atoms with E-state index in [0.717, 1.165) is 12.1 Å². The molecule has 17 heavy (non-hydrogen) atoms. The number of carbonyl (C=O) groups excluding carboxylic acids is 1. The topological polar surface area (TPSA) is 66.4 Å². The third-order valence-corrected chi connectivity index (χ3v) is 2.26. The van der Waals surface area contributed by atoms with Crippen LogP contribution < -0.4 is 5.32 Å². The Kier molecular flexibility index (Phi) is 4.20. The number of carboxylic acid groups (broad SMARTS) is 1. The van der Waals surface area contributed by atoms with Gasteiger partial charge in [-0.25, -0.2) is 9.18 Å². The van der Waals surface area contributed by atoms with Crippen LogP contribution in [0.15, 0.2) is 24.3 Å². The highest BCUT2D eigenvalue weighted by atomic mass is 19.1. The van der Waals surface area contributed by atoms with Crippen LogP contribution in [-0.4, -0.2) is 17.0 Å². The molecule has 1 aromatic carbocycles. The van der Waals surface area contributed by atoms with E-state index in [9.17, 15) is 14.0 Å². The summed E-state index contributed by atoms with van der Waals surface area (Å²) in [6.07, 6.45) is 0. The third kappa shape index (κ3) is 3.55. The second kappa shape index (κ2) is 5.43. The predicted molar refractivity (Wildman–Crippen MR) is 59.8 cm³/mol. The van der Waals surface area contributed by atoms with Crippen molar-refractivity contribution in [2.45, 2.75) is 19.9 Å². The molecule has 1 unspecified atom stereocenters. The molecule has 1 amide bonds. The molecule has 0 radical (unpaired) electrons. The Morgan fingerprint density at radius 3 is 2.18 bits per heavy atom. The second-order valence-electron chi connectivity index (χ2n) is 3.99. The Morgan fingerprint density at radius 1 is 1.24 bits per heavy atom. The van der Waals surface area contributed by atoms with Crippen molar-refractivity contribution >= 4 is 11.9 Å². The monoisotopic (exact) mass is 239 g/mol. The Balaban J connectivity index is 2.90. The standard InChI is InChI=1S/C12H14FNO3/c1-7(2)11(15)14-10(12(16)17)8-3-5-9(13)6-4-8/h3-7,10H,1-2H3,(H,14,15)(H,16,17). The van der Waals surface area contributed by atoms with Crippen LogP contribution in [0, 0.1) is 11.7 Å². The first kappa shape index (κ1) is 13.2. The van der Waals surface area contributed by atoms with Gasteiger partial charge in [0, 0.05) is 5.92 Å². The van der Waals surface area contributed by atoms with E-state index in [0.29, 0.717) is 5.56 Å². The van der Waals surface area contributed by atoms with Crippen LogP contribution in [-0.2, 0) is 9.59 Å². The van der Waals surface area contributed by atoms with Gasteiger partial charge in [0.25, 0.3) is 0 Å². The molecule has 0 saturated carbocycles. The molecule has 0 aromatic heterocycles. The SMILES string of the molecule is CC(C)C(=O)NC(C(=O)O)c1ccc(F)cc1. The van der Waals surface area contributed by atoms with E-state index in [-0.39, 0.29) is 11.8 Å². The van der Waals surface area contributed by atoms with Gasteiger partial charge in [-0.2, -0.15) is 0 Å². The summed E-state index contributed by atoms with van der Waals surface area (Å²) < 4.78 is 12.7. The maximum Gasteiger partial charge on any atom is 0.330 e. The number of benzene rings is 1. The molecule has 0 aliphatic carbocycles. The Labute approximate surface area is 98.5 Å². The average Bonchev–Trinajstić information content (AvgIpc) is 2.26. The normalized spacial score (nSPS) is 12.2. The molecule has 1 atom stereocenters. The largest absolute Gasteiger partial charge is 0.479 e. The number of aliphatic carboxylic acids is 1. The first-order valence-electron chi connectivity index (χ1n) is 5.20. The summed E-state index contributed by atoms with van der Waals surface area (Å²) in [5.41, 5.74) is 0.341. The van der Waals surface area contributed by atoms with Gasteiger partial charge >= 0.3 is 5.97 Å². The maximum atomic E-state index is 12.7. The molecule has 4 nitrogen and oxygen atoms in total.